The number of fused-ring (bicyclic) bond motifs is 1. The van der Waals surface area contributed by atoms with Gasteiger partial charge in [-0.3, -0.25) is 0 Å². The van der Waals surface area contributed by atoms with Crippen LogP contribution in [0.1, 0.15) is 0 Å². The number of hydrogen-bond donors (Lipinski definition) is 1. The van der Waals surface area contributed by atoms with Crippen LogP contribution in [0, 0.1) is 0 Å². The Hall–Kier alpha value is -2.66. The van der Waals surface area contributed by atoms with E-state index in [1.54, 1.807) is 6.07 Å². The lowest BCUT2D eigenvalue weighted by Gasteiger charge is -2.22. The Morgan fingerprint density at radius 1 is 1.05 bits per heavy atom. The highest BCUT2D eigenvalue weighted by molar-refractivity contribution is 6.11. The van der Waals surface area contributed by atoms with Crippen molar-refractivity contribution in [2.24, 2.45) is 10.9 Å². The summed E-state index contributed by atoms with van der Waals surface area (Å²) in [4.78, 5) is 11.8. The van der Waals surface area contributed by atoms with Gasteiger partial charge in [-0.05, 0) is 6.07 Å². The van der Waals surface area contributed by atoms with Crippen molar-refractivity contribution in [3.05, 3.63) is 54.6 Å². The SMILES string of the molecule is NN=C1Oc2ccccc2[N+]1(C=O)c1ccccc1. The first-order chi connectivity index (χ1) is 9.32. The minimum Gasteiger partial charge on any atom is -0.389 e. The van der Waals surface area contributed by atoms with E-state index in [2.05, 4.69) is 5.10 Å². The Kier molecular flexibility index (Phi) is 2.54. The van der Waals surface area contributed by atoms with Crippen LogP contribution in [-0.2, 0) is 4.79 Å². The summed E-state index contributed by atoms with van der Waals surface area (Å²) < 4.78 is 5.33. The van der Waals surface area contributed by atoms with Gasteiger partial charge in [-0.25, -0.2) is 4.79 Å². The molecule has 1 aliphatic heterocycles. The maximum Gasteiger partial charge on any atom is 0.439 e. The molecule has 0 saturated heterocycles. The second-order valence-corrected chi connectivity index (χ2v) is 4.15. The molecule has 1 aliphatic rings. The van der Waals surface area contributed by atoms with E-state index in [4.69, 9.17) is 10.6 Å². The van der Waals surface area contributed by atoms with Crippen molar-refractivity contribution in [1.82, 2.24) is 4.48 Å². The van der Waals surface area contributed by atoms with E-state index in [9.17, 15) is 4.79 Å². The average Bonchev–Trinajstić information content (AvgIpc) is 2.82. The molecule has 0 aromatic heterocycles. The van der Waals surface area contributed by atoms with Gasteiger partial charge < -0.3 is 10.6 Å². The highest BCUT2D eigenvalue weighted by Crippen LogP contribution is 2.45. The Morgan fingerprint density at radius 3 is 2.42 bits per heavy atom. The Bertz CT molecular complexity index is 655. The minimum absolute atomic E-state index is 0.141. The maximum atomic E-state index is 11.8. The fourth-order valence-corrected chi connectivity index (χ4v) is 2.30. The number of benzene rings is 2. The van der Waals surface area contributed by atoms with Gasteiger partial charge in [-0.15, -0.1) is 4.48 Å². The van der Waals surface area contributed by atoms with Crippen LogP contribution in [0.15, 0.2) is 59.7 Å². The van der Waals surface area contributed by atoms with E-state index in [0.29, 0.717) is 11.4 Å². The summed E-state index contributed by atoms with van der Waals surface area (Å²) in [6.07, 6.45) is 0.771. The molecule has 19 heavy (non-hydrogen) atoms. The summed E-state index contributed by atoms with van der Waals surface area (Å²) in [7, 11) is 0. The van der Waals surface area contributed by atoms with Crippen LogP contribution in [0.4, 0.5) is 11.4 Å². The van der Waals surface area contributed by atoms with Crippen molar-refractivity contribution in [3.63, 3.8) is 0 Å². The van der Waals surface area contributed by atoms with Crippen molar-refractivity contribution in [1.29, 1.82) is 0 Å². The van der Waals surface area contributed by atoms with Crippen LogP contribution in [0.5, 0.6) is 5.75 Å². The fraction of sp³-hybridized carbons (Fsp3) is 0. The third kappa shape index (κ3) is 1.45. The zero-order valence-electron chi connectivity index (χ0n) is 10.1. The van der Waals surface area contributed by atoms with Gasteiger partial charge in [0.1, 0.15) is 0 Å². The molecule has 1 amide bonds. The maximum absolute atomic E-state index is 11.8. The largest absolute Gasteiger partial charge is 0.439 e. The summed E-state index contributed by atoms with van der Waals surface area (Å²) in [6.45, 7) is 0. The molecule has 0 spiro atoms. The summed E-state index contributed by atoms with van der Waals surface area (Å²) >= 11 is 0. The average molecular weight is 254 g/mol. The minimum atomic E-state index is -0.256. The number of carbonyl (C=O) groups excluding carboxylic acids is 1. The number of nitrogens with zero attached hydrogens (tertiary/aromatic N) is 2. The Labute approximate surface area is 110 Å². The second-order valence-electron chi connectivity index (χ2n) is 4.15. The number of quaternary nitrogens is 1. The molecule has 2 aromatic rings. The number of nitrogens with two attached hydrogens (primary N) is 1. The van der Waals surface area contributed by atoms with E-state index < -0.39 is 0 Å². The molecule has 1 atom stereocenters. The van der Waals surface area contributed by atoms with Crippen LogP contribution in [0.25, 0.3) is 0 Å². The highest BCUT2D eigenvalue weighted by atomic mass is 16.5. The van der Waals surface area contributed by atoms with Crippen LogP contribution >= 0.6 is 0 Å². The summed E-state index contributed by atoms with van der Waals surface area (Å²) in [6, 6.07) is 16.7. The number of ether oxygens (including phenoxy) is 1. The fourth-order valence-electron chi connectivity index (χ4n) is 2.30. The lowest BCUT2D eigenvalue weighted by Crippen LogP contribution is -2.47. The van der Waals surface area contributed by atoms with Gasteiger partial charge >= 0.3 is 12.4 Å². The first-order valence-electron chi connectivity index (χ1n) is 5.79. The summed E-state index contributed by atoms with van der Waals surface area (Å²) in [5.41, 5.74) is 1.43. The normalized spacial score (nSPS) is 22.8. The molecular weight excluding hydrogens is 242 g/mol. The Morgan fingerprint density at radius 2 is 1.74 bits per heavy atom. The quantitative estimate of drug-likeness (QED) is 0.386. The van der Waals surface area contributed by atoms with Crippen LogP contribution in [0.2, 0.25) is 0 Å². The molecule has 0 bridgehead atoms. The number of hydrogen-bond acceptors (Lipinski definition) is 4. The third-order valence-corrected chi connectivity index (χ3v) is 3.18. The third-order valence-electron chi connectivity index (χ3n) is 3.18. The lowest BCUT2D eigenvalue weighted by molar-refractivity contribution is -0.112. The molecule has 2 aromatic carbocycles. The van der Waals surface area contributed by atoms with Gasteiger partial charge in [0.05, 0.1) is 0 Å². The monoisotopic (exact) mass is 254 g/mol. The van der Waals surface area contributed by atoms with Gasteiger partial charge in [0.15, 0.2) is 17.1 Å². The van der Waals surface area contributed by atoms with Crippen molar-refractivity contribution >= 4 is 23.8 Å². The molecule has 0 saturated carbocycles. The van der Waals surface area contributed by atoms with Gasteiger partial charge in [0, 0.05) is 18.2 Å². The molecule has 3 rings (SSSR count). The number of para-hydroxylation sites is 3. The molecule has 1 heterocycles. The second kappa shape index (κ2) is 4.22. The van der Waals surface area contributed by atoms with Crippen molar-refractivity contribution in [2.45, 2.75) is 0 Å². The van der Waals surface area contributed by atoms with Crippen molar-refractivity contribution in [3.8, 4) is 5.75 Å². The number of hydrazone groups is 1. The lowest BCUT2D eigenvalue weighted by atomic mass is 10.2. The molecule has 0 aliphatic carbocycles. The number of amides is 1. The van der Waals surface area contributed by atoms with Gasteiger partial charge in [-0.2, -0.15) is 0 Å². The van der Waals surface area contributed by atoms with E-state index in [-0.39, 0.29) is 10.5 Å². The molecule has 5 nitrogen and oxygen atoms in total. The van der Waals surface area contributed by atoms with Crippen LogP contribution < -0.4 is 15.1 Å². The molecule has 5 heteroatoms. The predicted octanol–water partition coefficient (Wildman–Crippen LogP) is 2.10. The Balaban J connectivity index is 2.33. The van der Waals surface area contributed by atoms with Crippen molar-refractivity contribution in [2.75, 3.05) is 0 Å². The molecule has 94 valence electrons. The molecule has 2 N–H and O–H groups in total. The first kappa shape index (κ1) is 11.4. The first-order valence-corrected chi connectivity index (χ1v) is 5.79. The van der Waals surface area contributed by atoms with Gasteiger partial charge in [0.25, 0.3) is 0 Å². The van der Waals surface area contributed by atoms with E-state index in [1.807, 2.05) is 48.5 Å². The van der Waals surface area contributed by atoms with Gasteiger partial charge in [0.2, 0.25) is 0 Å². The molecule has 1 unspecified atom stereocenters. The van der Waals surface area contributed by atoms with Crippen LogP contribution in [0.3, 0.4) is 0 Å². The number of carbonyl (C=O) groups is 1. The van der Waals surface area contributed by atoms with E-state index in [0.717, 1.165) is 12.1 Å². The number of rotatable bonds is 2. The topological polar surface area (TPSA) is 64.7 Å². The van der Waals surface area contributed by atoms with E-state index in [1.165, 1.54) is 0 Å². The van der Waals surface area contributed by atoms with Crippen LogP contribution in [-0.4, -0.2) is 12.4 Å². The highest BCUT2D eigenvalue weighted by Gasteiger charge is 2.50. The summed E-state index contributed by atoms with van der Waals surface area (Å²) in [5.74, 6) is 5.98. The van der Waals surface area contributed by atoms with Gasteiger partial charge in [-0.1, -0.05) is 35.4 Å². The zero-order chi connectivity index (χ0) is 13.3. The molecular formula is C14H12N3O2+. The molecule has 0 fully saturated rings. The summed E-state index contributed by atoms with van der Waals surface area (Å²) in [5, 5.41) is 3.64. The molecule has 0 radical (unpaired) electrons. The standard InChI is InChI=1S/C14H12N3O2/c15-16-14-17(10-18,11-6-2-1-3-7-11)12-8-4-5-9-13(12)19-14/h1-10H,15H2/q+1. The number of amidine groups is 1. The smallest absolute Gasteiger partial charge is 0.389 e. The predicted molar refractivity (Wildman–Crippen MR) is 72.7 cm³/mol. The van der Waals surface area contributed by atoms with E-state index >= 15 is 0 Å². The zero-order valence-corrected chi connectivity index (χ0v) is 10.1. The van der Waals surface area contributed by atoms with Crippen molar-refractivity contribution < 1.29 is 9.53 Å².